The number of aromatic nitrogens is 4. The Kier molecular flexibility index (Phi) is 4.44. The summed E-state index contributed by atoms with van der Waals surface area (Å²) in [6.07, 6.45) is 7.76. The molecular formula is C17H24N6O. The molecule has 0 amide bonds. The Bertz CT molecular complexity index is 694. The number of fused-ring (bicyclic) bond motifs is 1. The van der Waals surface area contributed by atoms with Crippen molar-refractivity contribution in [1.29, 1.82) is 0 Å². The van der Waals surface area contributed by atoms with Crippen LogP contribution in [0.15, 0.2) is 18.7 Å². The van der Waals surface area contributed by atoms with Crippen molar-refractivity contribution in [2.45, 2.75) is 19.4 Å². The lowest BCUT2D eigenvalue weighted by Gasteiger charge is -2.29. The molecule has 0 aromatic carbocycles. The predicted octanol–water partition coefficient (Wildman–Crippen LogP) is 0.648. The van der Waals surface area contributed by atoms with Gasteiger partial charge in [0.15, 0.2) is 0 Å². The van der Waals surface area contributed by atoms with Gasteiger partial charge in [-0.3, -0.25) is 9.58 Å². The Labute approximate surface area is 142 Å². The van der Waals surface area contributed by atoms with Gasteiger partial charge < -0.3 is 9.64 Å². The minimum absolute atomic E-state index is 0.784. The number of ether oxygens (including phenoxy) is 1. The van der Waals surface area contributed by atoms with Crippen LogP contribution >= 0.6 is 0 Å². The fourth-order valence-corrected chi connectivity index (χ4v) is 3.57. The summed E-state index contributed by atoms with van der Waals surface area (Å²) in [5.74, 6) is 1.12. The molecule has 7 heteroatoms. The van der Waals surface area contributed by atoms with E-state index >= 15 is 0 Å². The molecule has 0 atom stereocenters. The van der Waals surface area contributed by atoms with E-state index in [4.69, 9.17) is 4.74 Å². The van der Waals surface area contributed by atoms with Crippen molar-refractivity contribution >= 4 is 5.82 Å². The van der Waals surface area contributed by atoms with Crippen LogP contribution in [0.2, 0.25) is 0 Å². The van der Waals surface area contributed by atoms with Gasteiger partial charge in [0.25, 0.3) is 0 Å². The molecule has 4 rings (SSSR count). The first-order valence-electron chi connectivity index (χ1n) is 8.65. The molecule has 128 valence electrons. The number of anilines is 1. The van der Waals surface area contributed by atoms with Gasteiger partial charge in [0.2, 0.25) is 0 Å². The second-order valence-electron chi connectivity index (χ2n) is 6.52. The van der Waals surface area contributed by atoms with E-state index in [2.05, 4.69) is 31.1 Å². The molecule has 0 spiro atoms. The quantitative estimate of drug-likeness (QED) is 0.824. The summed E-state index contributed by atoms with van der Waals surface area (Å²) in [6, 6.07) is 0. The molecule has 2 aromatic heterocycles. The lowest BCUT2D eigenvalue weighted by molar-refractivity contribution is 0.122. The Morgan fingerprint density at radius 2 is 1.92 bits per heavy atom. The van der Waals surface area contributed by atoms with Crippen molar-refractivity contribution in [2.75, 3.05) is 44.3 Å². The number of nitrogens with zero attached hydrogens (tertiary/aromatic N) is 6. The summed E-state index contributed by atoms with van der Waals surface area (Å²) < 4.78 is 7.34. The molecule has 24 heavy (non-hydrogen) atoms. The fourth-order valence-electron chi connectivity index (χ4n) is 3.57. The van der Waals surface area contributed by atoms with Gasteiger partial charge in [-0.2, -0.15) is 5.10 Å². The zero-order chi connectivity index (χ0) is 16.4. The number of morpholine rings is 1. The monoisotopic (exact) mass is 328 g/mol. The zero-order valence-electron chi connectivity index (χ0n) is 14.2. The van der Waals surface area contributed by atoms with Gasteiger partial charge >= 0.3 is 0 Å². The molecule has 1 fully saturated rings. The maximum absolute atomic E-state index is 5.47. The largest absolute Gasteiger partial charge is 0.378 e. The summed E-state index contributed by atoms with van der Waals surface area (Å²) in [5, 5.41) is 4.27. The normalized spacial score (nSPS) is 19.1. The van der Waals surface area contributed by atoms with E-state index in [1.807, 2.05) is 17.9 Å². The van der Waals surface area contributed by atoms with Crippen molar-refractivity contribution in [3.8, 4) is 0 Å². The predicted molar refractivity (Wildman–Crippen MR) is 91.0 cm³/mol. The molecular weight excluding hydrogens is 304 g/mol. The Balaban J connectivity index is 1.50. The molecule has 0 radical (unpaired) electrons. The number of hydrogen-bond acceptors (Lipinski definition) is 6. The number of hydrogen-bond donors (Lipinski definition) is 0. The first-order valence-corrected chi connectivity index (χ1v) is 8.65. The molecule has 0 bridgehead atoms. The van der Waals surface area contributed by atoms with E-state index in [0.29, 0.717) is 0 Å². The van der Waals surface area contributed by atoms with Crippen molar-refractivity contribution in [1.82, 2.24) is 24.6 Å². The minimum atomic E-state index is 0.784. The summed E-state index contributed by atoms with van der Waals surface area (Å²) in [7, 11) is 1.96. The maximum atomic E-state index is 5.47. The summed E-state index contributed by atoms with van der Waals surface area (Å²) in [4.78, 5) is 14.0. The average Bonchev–Trinajstić information content (AvgIpc) is 2.91. The van der Waals surface area contributed by atoms with Gasteiger partial charge in [-0.1, -0.05) is 0 Å². The van der Waals surface area contributed by atoms with Crippen molar-refractivity contribution < 1.29 is 4.74 Å². The van der Waals surface area contributed by atoms with E-state index in [1.165, 1.54) is 16.8 Å². The molecule has 0 aliphatic carbocycles. The molecule has 2 aliphatic heterocycles. The van der Waals surface area contributed by atoms with E-state index in [1.54, 1.807) is 6.33 Å². The smallest absolute Gasteiger partial charge is 0.135 e. The third kappa shape index (κ3) is 3.27. The lowest BCUT2D eigenvalue weighted by Crippen LogP contribution is -2.37. The zero-order valence-corrected chi connectivity index (χ0v) is 14.2. The summed E-state index contributed by atoms with van der Waals surface area (Å²) in [5.41, 5.74) is 3.80. The maximum Gasteiger partial charge on any atom is 0.135 e. The van der Waals surface area contributed by atoms with Crippen LogP contribution in [0.4, 0.5) is 5.82 Å². The van der Waals surface area contributed by atoms with Crippen LogP contribution < -0.4 is 4.90 Å². The summed E-state index contributed by atoms with van der Waals surface area (Å²) in [6.45, 7) is 6.42. The van der Waals surface area contributed by atoms with E-state index in [0.717, 1.165) is 64.6 Å². The molecule has 0 saturated carbocycles. The standard InChI is InChI=1S/C17H24N6O/c1-21-11-14(10-20-21)12-22-4-2-15-16(3-5-22)18-13-19-17(15)23-6-8-24-9-7-23/h10-11,13H,2-9,12H2,1H3. The molecule has 0 N–H and O–H groups in total. The first kappa shape index (κ1) is 15.5. The highest BCUT2D eigenvalue weighted by molar-refractivity contribution is 5.49. The van der Waals surface area contributed by atoms with Gasteiger partial charge in [0.1, 0.15) is 12.1 Å². The van der Waals surface area contributed by atoms with Gasteiger partial charge in [-0.25, -0.2) is 9.97 Å². The SMILES string of the molecule is Cn1cc(CN2CCc3ncnc(N4CCOCC4)c3CC2)cn1. The molecule has 7 nitrogen and oxygen atoms in total. The number of rotatable bonds is 3. The molecule has 0 unspecified atom stereocenters. The van der Waals surface area contributed by atoms with E-state index < -0.39 is 0 Å². The molecule has 2 aromatic rings. The second-order valence-corrected chi connectivity index (χ2v) is 6.52. The number of aryl methyl sites for hydroxylation is 1. The Morgan fingerprint density at radius 3 is 2.71 bits per heavy atom. The highest BCUT2D eigenvalue weighted by Crippen LogP contribution is 2.24. The van der Waals surface area contributed by atoms with Crippen molar-refractivity contribution in [3.05, 3.63) is 35.5 Å². The highest BCUT2D eigenvalue weighted by Gasteiger charge is 2.22. The first-order chi connectivity index (χ1) is 11.8. The fraction of sp³-hybridized carbons (Fsp3) is 0.588. The van der Waals surface area contributed by atoms with E-state index in [-0.39, 0.29) is 0 Å². The average molecular weight is 328 g/mol. The van der Waals surface area contributed by atoms with Gasteiger partial charge in [-0.15, -0.1) is 0 Å². The van der Waals surface area contributed by atoms with Gasteiger partial charge in [0.05, 0.1) is 25.1 Å². The lowest BCUT2D eigenvalue weighted by atomic mass is 10.1. The molecule has 2 aliphatic rings. The third-order valence-corrected chi connectivity index (χ3v) is 4.83. The van der Waals surface area contributed by atoms with Gasteiger partial charge in [-0.05, 0) is 6.42 Å². The van der Waals surface area contributed by atoms with Crippen LogP contribution in [0, 0.1) is 0 Å². The molecule has 1 saturated heterocycles. The van der Waals surface area contributed by atoms with Gasteiger partial charge in [0, 0.05) is 63.5 Å². The topological polar surface area (TPSA) is 59.3 Å². The Hall–Kier alpha value is -1.99. The van der Waals surface area contributed by atoms with Crippen LogP contribution in [0.25, 0.3) is 0 Å². The van der Waals surface area contributed by atoms with Crippen LogP contribution in [-0.2, 0) is 31.2 Å². The van der Waals surface area contributed by atoms with Crippen molar-refractivity contribution in [2.24, 2.45) is 7.05 Å². The summed E-state index contributed by atoms with van der Waals surface area (Å²) >= 11 is 0. The second kappa shape index (κ2) is 6.86. The third-order valence-electron chi connectivity index (χ3n) is 4.83. The van der Waals surface area contributed by atoms with Crippen LogP contribution in [0.5, 0.6) is 0 Å². The minimum Gasteiger partial charge on any atom is -0.378 e. The van der Waals surface area contributed by atoms with Crippen molar-refractivity contribution in [3.63, 3.8) is 0 Å². The van der Waals surface area contributed by atoms with Crippen LogP contribution in [-0.4, -0.2) is 64.0 Å². The van der Waals surface area contributed by atoms with E-state index in [9.17, 15) is 0 Å². The highest BCUT2D eigenvalue weighted by atomic mass is 16.5. The van der Waals surface area contributed by atoms with Crippen LogP contribution in [0.1, 0.15) is 16.8 Å². The molecule has 4 heterocycles. The van der Waals surface area contributed by atoms with Crippen LogP contribution in [0.3, 0.4) is 0 Å². The Morgan fingerprint density at radius 1 is 1.08 bits per heavy atom.